The van der Waals surface area contributed by atoms with Crippen molar-refractivity contribution in [3.05, 3.63) is 0 Å². The van der Waals surface area contributed by atoms with Crippen molar-refractivity contribution in [2.45, 2.75) is 37.9 Å². The first-order valence-electron chi connectivity index (χ1n) is 5.05. The summed E-state index contributed by atoms with van der Waals surface area (Å²) in [6.45, 7) is 5.55. The van der Waals surface area contributed by atoms with E-state index in [1.54, 1.807) is 6.92 Å². The first-order valence-corrected chi connectivity index (χ1v) is 6.63. The minimum Gasteiger partial charge on any atom is -0.481 e. The van der Waals surface area contributed by atoms with Gasteiger partial charge in [-0.1, -0.05) is 20.8 Å². The molecule has 0 amide bonds. The summed E-state index contributed by atoms with van der Waals surface area (Å²) in [6, 6.07) is 0. The highest BCUT2D eigenvalue weighted by molar-refractivity contribution is 8.00. The third-order valence-electron chi connectivity index (χ3n) is 1.69. The highest BCUT2D eigenvalue weighted by Gasteiger charge is 2.22. The number of carbonyl (C=O) groups excluding carboxylic acids is 1. The Hall–Kier alpha value is -0.360. The van der Waals surface area contributed by atoms with Crippen LogP contribution in [-0.2, 0) is 14.3 Å². The molecule has 0 unspecified atom stereocenters. The number of rotatable bonds is 7. The third kappa shape index (κ3) is 7.00. The van der Waals surface area contributed by atoms with E-state index in [0.29, 0.717) is 5.75 Å². The van der Waals surface area contributed by atoms with Gasteiger partial charge in [-0.15, -0.1) is 11.8 Å². The lowest BCUT2D eigenvalue weighted by molar-refractivity contribution is -0.151. The molecule has 1 N–H and O–H groups in total. The molecule has 16 heavy (non-hydrogen) atoms. The number of carboxylic acid groups (broad SMARTS) is 1. The van der Waals surface area contributed by atoms with Crippen molar-refractivity contribution in [2.75, 3.05) is 5.75 Å². The van der Waals surface area contributed by atoms with Crippen LogP contribution >= 0.6 is 24.4 Å². The van der Waals surface area contributed by atoms with Crippen LogP contribution < -0.4 is 0 Å². The van der Waals surface area contributed by atoms with Gasteiger partial charge in [0.2, 0.25) is 0 Å². The Balaban J connectivity index is 4.29. The highest BCUT2D eigenvalue weighted by atomic mass is 32.2. The summed E-state index contributed by atoms with van der Waals surface area (Å²) >= 11 is 5.33. The van der Waals surface area contributed by atoms with Gasteiger partial charge in [0, 0.05) is 11.0 Å². The second-order valence-electron chi connectivity index (χ2n) is 3.73. The molecule has 0 fully saturated rings. The van der Waals surface area contributed by atoms with E-state index in [4.69, 9.17) is 9.84 Å². The van der Waals surface area contributed by atoms with E-state index in [1.165, 1.54) is 11.8 Å². The fourth-order valence-corrected chi connectivity index (χ4v) is 2.03. The minimum absolute atomic E-state index is 0.173. The molecule has 0 aromatic carbocycles. The van der Waals surface area contributed by atoms with Crippen molar-refractivity contribution in [1.29, 1.82) is 0 Å². The Morgan fingerprint density at radius 3 is 2.31 bits per heavy atom. The Morgan fingerprint density at radius 2 is 1.94 bits per heavy atom. The van der Waals surface area contributed by atoms with E-state index in [0.717, 1.165) is 0 Å². The van der Waals surface area contributed by atoms with Crippen molar-refractivity contribution in [3.8, 4) is 0 Å². The van der Waals surface area contributed by atoms with Gasteiger partial charge in [-0.25, -0.2) is 0 Å². The monoisotopic (exact) mass is 266 g/mol. The Labute approximate surface area is 106 Å². The maximum Gasteiger partial charge on any atom is 0.310 e. The van der Waals surface area contributed by atoms with E-state index in [9.17, 15) is 9.59 Å². The molecule has 0 heterocycles. The van der Waals surface area contributed by atoms with Crippen LogP contribution in [0.15, 0.2) is 0 Å². The molecule has 0 saturated carbocycles. The molecule has 0 aliphatic rings. The van der Waals surface area contributed by atoms with E-state index >= 15 is 0 Å². The lowest BCUT2D eigenvalue weighted by atomic mass is 10.2. The van der Waals surface area contributed by atoms with Crippen molar-refractivity contribution in [2.24, 2.45) is 5.92 Å². The van der Waals surface area contributed by atoms with Crippen molar-refractivity contribution >= 4 is 36.3 Å². The van der Waals surface area contributed by atoms with Gasteiger partial charge < -0.3 is 9.84 Å². The zero-order chi connectivity index (χ0) is 12.7. The third-order valence-corrected chi connectivity index (χ3v) is 3.35. The molecule has 0 aromatic rings. The predicted octanol–water partition coefficient (Wildman–Crippen LogP) is 2.04. The summed E-state index contributed by atoms with van der Waals surface area (Å²) in [4.78, 5) is 22.1. The van der Waals surface area contributed by atoms with Crippen LogP contribution in [0.4, 0.5) is 0 Å². The van der Waals surface area contributed by atoms with Crippen LogP contribution in [0.5, 0.6) is 0 Å². The topological polar surface area (TPSA) is 63.6 Å². The predicted molar refractivity (Wildman–Crippen MR) is 67.9 cm³/mol. The summed E-state index contributed by atoms with van der Waals surface area (Å²) in [7, 11) is 0. The molecular weight excluding hydrogens is 248 g/mol. The quantitative estimate of drug-likeness (QED) is 0.419. The molecular formula is C10H18O4S2. The molecule has 0 spiro atoms. The van der Waals surface area contributed by atoms with Gasteiger partial charge in [-0.2, -0.15) is 12.6 Å². The zero-order valence-corrected chi connectivity index (χ0v) is 11.4. The maximum absolute atomic E-state index is 11.5. The van der Waals surface area contributed by atoms with Crippen molar-refractivity contribution in [1.82, 2.24) is 0 Å². The summed E-state index contributed by atoms with van der Waals surface area (Å²) < 4.78 is 5.12. The van der Waals surface area contributed by atoms with Crippen LogP contribution in [0.1, 0.15) is 27.2 Å². The number of hydrogen-bond acceptors (Lipinski definition) is 5. The molecule has 0 aliphatic heterocycles. The molecule has 0 aliphatic carbocycles. The van der Waals surface area contributed by atoms with Gasteiger partial charge in [0.05, 0.1) is 12.3 Å². The lowest BCUT2D eigenvalue weighted by Gasteiger charge is -2.19. The summed E-state index contributed by atoms with van der Waals surface area (Å²) in [5.74, 6) is -1.28. The minimum atomic E-state index is -0.968. The number of thioether (sulfide) groups is 1. The molecule has 0 radical (unpaired) electrons. The Bertz CT molecular complexity index is 243. The first-order chi connectivity index (χ1) is 7.36. The summed E-state index contributed by atoms with van der Waals surface area (Å²) in [5.41, 5.74) is -0.618. The standard InChI is InChI=1S/C10H18O4S2/c1-6(2)16-9(4-8(11)12)14-10(13)7(3)5-15/h6-7,9,15H,4-5H2,1-3H3,(H,11,12)/t7-,9-/m1/s1. The number of carbonyl (C=O) groups is 2. The second-order valence-corrected chi connectivity index (χ2v) is 5.84. The molecule has 2 atom stereocenters. The van der Waals surface area contributed by atoms with Gasteiger partial charge in [0.1, 0.15) is 0 Å². The van der Waals surface area contributed by atoms with Gasteiger partial charge in [0.25, 0.3) is 0 Å². The lowest BCUT2D eigenvalue weighted by Crippen LogP contribution is -2.24. The van der Waals surface area contributed by atoms with E-state index < -0.39 is 17.4 Å². The van der Waals surface area contributed by atoms with E-state index in [2.05, 4.69) is 12.6 Å². The average Bonchev–Trinajstić information content (AvgIpc) is 2.14. The number of carboxylic acids is 1. The smallest absolute Gasteiger partial charge is 0.310 e. The molecule has 0 rings (SSSR count). The zero-order valence-electron chi connectivity index (χ0n) is 9.67. The molecule has 0 saturated heterocycles. The van der Waals surface area contributed by atoms with Gasteiger partial charge in [-0.05, 0) is 0 Å². The molecule has 94 valence electrons. The molecule has 4 nitrogen and oxygen atoms in total. The van der Waals surface area contributed by atoms with Crippen molar-refractivity contribution < 1.29 is 19.4 Å². The molecule has 6 heteroatoms. The maximum atomic E-state index is 11.5. The van der Waals surface area contributed by atoms with Crippen LogP contribution in [0, 0.1) is 5.92 Å². The first kappa shape index (κ1) is 15.6. The molecule has 0 bridgehead atoms. The average molecular weight is 266 g/mol. The number of aliphatic carboxylic acids is 1. The largest absolute Gasteiger partial charge is 0.481 e. The number of ether oxygens (including phenoxy) is 1. The summed E-state index contributed by atoms with van der Waals surface area (Å²) in [6.07, 6.45) is -0.173. The Morgan fingerprint density at radius 1 is 1.38 bits per heavy atom. The number of hydrogen-bond donors (Lipinski definition) is 2. The Kier molecular flexibility index (Phi) is 7.66. The van der Waals surface area contributed by atoms with E-state index in [-0.39, 0.29) is 17.6 Å². The fraction of sp³-hybridized carbons (Fsp3) is 0.800. The van der Waals surface area contributed by atoms with Gasteiger partial charge >= 0.3 is 11.9 Å². The fourth-order valence-electron chi connectivity index (χ4n) is 0.884. The number of esters is 1. The van der Waals surface area contributed by atoms with E-state index in [1.807, 2.05) is 13.8 Å². The number of thiol groups is 1. The van der Waals surface area contributed by atoms with Crippen LogP contribution in [0.25, 0.3) is 0 Å². The van der Waals surface area contributed by atoms with Crippen molar-refractivity contribution in [3.63, 3.8) is 0 Å². The normalized spacial score (nSPS) is 14.6. The van der Waals surface area contributed by atoms with Crippen LogP contribution in [0.3, 0.4) is 0 Å². The highest BCUT2D eigenvalue weighted by Crippen LogP contribution is 2.22. The van der Waals surface area contributed by atoms with Gasteiger partial charge in [0.15, 0.2) is 5.44 Å². The SMILES string of the molecule is CC(C)S[C@H](CC(=O)O)OC(=O)[C@H](C)CS. The van der Waals surface area contributed by atoms with Crippen LogP contribution in [-0.4, -0.2) is 33.5 Å². The van der Waals surface area contributed by atoms with Crippen LogP contribution in [0.2, 0.25) is 0 Å². The second kappa shape index (κ2) is 7.84. The van der Waals surface area contributed by atoms with Gasteiger partial charge in [-0.3, -0.25) is 9.59 Å². The summed E-state index contributed by atoms with van der Waals surface area (Å²) in [5, 5.41) is 8.90. The molecule has 0 aromatic heterocycles.